The van der Waals surface area contributed by atoms with Gasteiger partial charge in [-0.25, -0.2) is 9.79 Å². The third-order valence-corrected chi connectivity index (χ3v) is 2.09. The van der Waals surface area contributed by atoms with E-state index in [1.54, 1.807) is 0 Å². The fourth-order valence-corrected chi connectivity index (χ4v) is 1.39. The van der Waals surface area contributed by atoms with E-state index in [4.69, 9.17) is 9.47 Å². The molecule has 0 unspecified atom stereocenters. The molecule has 0 bridgehead atoms. The van der Waals surface area contributed by atoms with E-state index < -0.39 is 5.97 Å². The molecule has 0 N–H and O–H groups in total. The number of rotatable bonds is 3. The molecule has 0 spiro atoms. The summed E-state index contributed by atoms with van der Waals surface area (Å²) in [6.45, 7) is 0. The van der Waals surface area contributed by atoms with E-state index in [2.05, 4.69) is 4.99 Å². The average Bonchev–Trinajstić information content (AvgIpc) is 2.61. The van der Waals surface area contributed by atoms with Crippen molar-refractivity contribution >= 4 is 11.9 Å². The number of aliphatic imine (C=N–C) groups is 1. The first-order valence-electron chi connectivity index (χ1n) is 4.86. The molecule has 0 saturated heterocycles. The monoisotopic (exact) mass is 217 g/mol. The van der Waals surface area contributed by atoms with E-state index in [1.807, 2.05) is 30.3 Å². The van der Waals surface area contributed by atoms with Gasteiger partial charge < -0.3 is 9.47 Å². The summed E-state index contributed by atoms with van der Waals surface area (Å²) in [7, 11) is 1.46. The van der Waals surface area contributed by atoms with Gasteiger partial charge in [-0.05, 0) is 5.56 Å². The zero-order valence-corrected chi connectivity index (χ0v) is 8.84. The number of benzene rings is 1. The number of carbonyl (C=O) groups is 1. The molecule has 0 atom stereocenters. The van der Waals surface area contributed by atoms with Gasteiger partial charge in [0.1, 0.15) is 6.26 Å². The van der Waals surface area contributed by atoms with Crippen LogP contribution in [0, 0.1) is 0 Å². The van der Waals surface area contributed by atoms with E-state index >= 15 is 0 Å². The van der Waals surface area contributed by atoms with E-state index in [0.29, 0.717) is 12.3 Å². The van der Waals surface area contributed by atoms with Gasteiger partial charge in [-0.1, -0.05) is 30.3 Å². The number of ether oxygens (including phenoxy) is 2. The zero-order valence-electron chi connectivity index (χ0n) is 8.84. The number of methoxy groups -OCH3 is 1. The molecule has 4 nitrogen and oxygen atoms in total. The Hall–Kier alpha value is -2.10. The standard InChI is InChI=1S/C12H11NO3/c1-15-8-10-12(14)16-11(13-10)7-9-5-3-2-4-6-9/h2-6,8H,7H2,1H3. The van der Waals surface area contributed by atoms with Crippen LogP contribution in [0.2, 0.25) is 0 Å². The Morgan fingerprint density at radius 3 is 2.81 bits per heavy atom. The van der Waals surface area contributed by atoms with E-state index in [1.165, 1.54) is 13.4 Å². The minimum Gasteiger partial charge on any atom is -0.502 e. The Kier molecular flexibility index (Phi) is 3.00. The number of hydrogen-bond donors (Lipinski definition) is 0. The van der Waals surface area contributed by atoms with Crippen LogP contribution >= 0.6 is 0 Å². The Balaban J connectivity index is 2.11. The third-order valence-electron chi connectivity index (χ3n) is 2.09. The molecule has 1 heterocycles. The molecule has 1 aromatic rings. The summed E-state index contributed by atoms with van der Waals surface area (Å²) in [4.78, 5) is 15.3. The largest absolute Gasteiger partial charge is 0.502 e. The Labute approximate surface area is 93.2 Å². The molecule has 1 aliphatic heterocycles. The van der Waals surface area contributed by atoms with Crippen molar-refractivity contribution in [2.24, 2.45) is 4.99 Å². The molecule has 16 heavy (non-hydrogen) atoms. The summed E-state index contributed by atoms with van der Waals surface area (Å²) in [5.74, 6) is -0.0627. The van der Waals surface area contributed by atoms with Crippen molar-refractivity contribution < 1.29 is 14.3 Å². The summed E-state index contributed by atoms with van der Waals surface area (Å²) < 4.78 is 9.72. The SMILES string of the molecule is COC=C1N=C(Cc2ccccc2)OC1=O. The van der Waals surface area contributed by atoms with Crippen LogP contribution in [-0.2, 0) is 20.7 Å². The Morgan fingerprint density at radius 1 is 1.38 bits per heavy atom. The first kappa shape index (κ1) is 10.4. The van der Waals surface area contributed by atoms with Crippen LogP contribution in [-0.4, -0.2) is 19.0 Å². The molecule has 4 heteroatoms. The summed E-state index contributed by atoms with van der Waals surface area (Å²) in [6, 6.07) is 9.70. The van der Waals surface area contributed by atoms with Gasteiger partial charge in [0.15, 0.2) is 5.70 Å². The summed E-state index contributed by atoms with van der Waals surface area (Å²) in [5, 5.41) is 0. The molecular weight excluding hydrogens is 206 g/mol. The number of nitrogens with zero attached hydrogens (tertiary/aromatic N) is 1. The van der Waals surface area contributed by atoms with Crippen molar-refractivity contribution in [2.75, 3.05) is 7.11 Å². The van der Waals surface area contributed by atoms with Crippen molar-refractivity contribution in [3.05, 3.63) is 47.9 Å². The van der Waals surface area contributed by atoms with Crippen molar-refractivity contribution in [2.45, 2.75) is 6.42 Å². The fourth-order valence-electron chi connectivity index (χ4n) is 1.39. The van der Waals surface area contributed by atoms with Gasteiger partial charge in [0, 0.05) is 6.42 Å². The second kappa shape index (κ2) is 4.61. The zero-order chi connectivity index (χ0) is 11.4. The molecule has 2 rings (SSSR count). The average molecular weight is 217 g/mol. The predicted octanol–water partition coefficient (Wildman–Crippen LogP) is 1.67. The third kappa shape index (κ3) is 2.28. The molecule has 0 fully saturated rings. The molecule has 1 aromatic carbocycles. The molecule has 0 saturated carbocycles. The molecule has 1 aliphatic rings. The van der Waals surface area contributed by atoms with Crippen LogP contribution in [0.3, 0.4) is 0 Å². The van der Waals surface area contributed by atoms with Crippen LogP contribution in [0.15, 0.2) is 47.3 Å². The molecular formula is C12H11NO3. The van der Waals surface area contributed by atoms with Gasteiger partial charge in [0.2, 0.25) is 5.90 Å². The Bertz CT molecular complexity index is 449. The van der Waals surface area contributed by atoms with E-state index in [9.17, 15) is 4.79 Å². The molecule has 0 aromatic heterocycles. The van der Waals surface area contributed by atoms with Crippen LogP contribution in [0.4, 0.5) is 0 Å². The maximum absolute atomic E-state index is 11.3. The smallest absolute Gasteiger partial charge is 0.366 e. The lowest BCUT2D eigenvalue weighted by molar-refractivity contribution is -0.130. The number of carbonyl (C=O) groups excluding carboxylic acids is 1. The van der Waals surface area contributed by atoms with Crippen LogP contribution in [0.5, 0.6) is 0 Å². The van der Waals surface area contributed by atoms with E-state index in [-0.39, 0.29) is 5.70 Å². The van der Waals surface area contributed by atoms with Crippen molar-refractivity contribution in [3.8, 4) is 0 Å². The highest BCUT2D eigenvalue weighted by atomic mass is 16.6. The van der Waals surface area contributed by atoms with Crippen LogP contribution in [0.1, 0.15) is 5.56 Å². The highest BCUT2D eigenvalue weighted by Gasteiger charge is 2.23. The predicted molar refractivity (Wildman–Crippen MR) is 58.8 cm³/mol. The van der Waals surface area contributed by atoms with Crippen molar-refractivity contribution in [1.82, 2.24) is 0 Å². The van der Waals surface area contributed by atoms with Gasteiger partial charge in [0.05, 0.1) is 7.11 Å². The maximum atomic E-state index is 11.3. The first-order valence-corrected chi connectivity index (χ1v) is 4.86. The lowest BCUT2D eigenvalue weighted by Gasteiger charge is -1.98. The summed E-state index contributed by atoms with van der Waals surface area (Å²) >= 11 is 0. The number of cyclic esters (lactones) is 1. The fraction of sp³-hybridized carbons (Fsp3) is 0.167. The minimum atomic E-state index is -0.465. The highest BCUT2D eigenvalue weighted by molar-refractivity contribution is 6.04. The Morgan fingerprint density at radius 2 is 2.12 bits per heavy atom. The minimum absolute atomic E-state index is 0.202. The van der Waals surface area contributed by atoms with Gasteiger partial charge >= 0.3 is 5.97 Å². The molecule has 0 aliphatic carbocycles. The van der Waals surface area contributed by atoms with Crippen molar-refractivity contribution in [1.29, 1.82) is 0 Å². The van der Waals surface area contributed by atoms with Gasteiger partial charge in [-0.2, -0.15) is 0 Å². The van der Waals surface area contributed by atoms with Crippen LogP contribution < -0.4 is 0 Å². The lowest BCUT2D eigenvalue weighted by Crippen LogP contribution is -2.06. The van der Waals surface area contributed by atoms with E-state index in [0.717, 1.165) is 5.56 Å². The highest BCUT2D eigenvalue weighted by Crippen LogP contribution is 2.13. The number of esters is 1. The molecule has 0 amide bonds. The first-order chi connectivity index (χ1) is 7.79. The lowest BCUT2D eigenvalue weighted by atomic mass is 10.1. The number of hydrogen-bond acceptors (Lipinski definition) is 4. The molecule has 82 valence electrons. The van der Waals surface area contributed by atoms with Gasteiger partial charge in [0.25, 0.3) is 0 Å². The normalized spacial score (nSPS) is 17.2. The second-order valence-electron chi connectivity index (χ2n) is 3.30. The quantitative estimate of drug-likeness (QED) is 0.439. The summed E-state index contributed by atoms with van der Waals surface area (Å²) in [5.41, 5.74) is 1.25. The van der Waals surface area contributed by atoms with Crippen molar-refractivity contribution in [3.63, 3.8) is 0 Å². The summed E-state index contributed by atoms with van der Waals surface area (Å²) in [6.07, 6.45) is 1.79. The van der Waals surface area contributed by atoms with Gasteiger partial charge in [-0.15, -0.1) is 0 Å². The van der Waals surface area contributed by atoms with Gasteiger partial charge in [-0.3, -0.25) is 0 Å². The molecule has 0 radical (unpaired) electrons. The maximum Gasteiger partial charge on any atom is 0.366 e. The topological polar surface area (TPSA) is 47.9 Å². The van der Waals surface area contributed by atoms with Crippen LogP contribution in [0.25, 0.3) is 0 Å². The second-order valence-corrected chi connectivity index (χ2v) is 3.30.